The summed E-state index contributed by atoms with van der Waals surface area (Å²) in [7, 11) is 0. The molecular formula is C20H19N3O3. The van der Waals surface area contributed by atoms with Gasteiger partial charge < -0.3 is 14.6 Å². The third kappa shape index (κ3) is 3.65. The number of nitrogens with zero attached hydrogens (tertiary/aromatic N) is 2. The van der Waals surface area contributed by atoms with Gasteiger partial charge in [0, 0.05) is 29.8 Å². The summed E-state index contributed by atoms with van der Waals surface area (Å²) >= 11 is 0. The van der Waals surface area contributed by atoms with Gasteiger partial charge in [-0.05, 0) is 37.1 Å². The van der Waals surface area contributed by atoms with Gasteiger partial charge in [0.2, 0.25) is 5.82 Å². The van der Waals surface area contributed by atoms with E-state index in [9.17, 15) is 4.79 Å². The van der Waals surface area contributed by atoms with Crippen LogP contribution >= 0.6 is 0 Å². The molecule has 1 saturated heterocycles. The van der Waals surface area contributed by atoms with Crippen molar-refractivity contribution in [1.82, 2.24) is 15.5 Å². The van der Waals surface area contributed by atoms with E-state index in [1.165, 1.54) is 0 Å². The third-order valence-electron chi connectivity index (χ3n) is 4.37. The van der Waals surface area contributed by atoms with Crippen molar-refractivity contribution < 1.29 is 14.1 Å². The first-order valence-electron chi connectivity index (χ1n) is 8.69. The minimum atomic E-state index is -0.109. The van der Waals surface area contributed by atoms with Crippen molar-refractivity contribution in [2.24, 2.45) is 0 Å². The molecule has 26 heavy (non-hydrogen) atoms. The second-order valence-corrected chi connectivity index (χ2v) is 6.21. The zero-order valence-electron chi connectivity index (χ0n) is 14.2. The van der Waals surface area contributed by atoms with Crippen molar-refractivity contribution >= 4 is 5.91 Å². The molecule has 6 heteroatoms. The molecule has 0 bridgehead atoms. The number of ether oxygens (including phenoxy) is 1. The Kier molecular flexibility index (Phi) is 4.75. The molecule has 0 aliphatic carbocycles. The predicted molar refractivity (Wildman–Crippen MR) is 96.5 cm³/mol. The van der Waals surface area contributed by atoms with E-state index in [-0.39, 0.29) is 12.0 Å². The molecule has 2 aromatic carbocycles. The Morgan fingerprint density at radius 2 is 1.88 bits per heavy atom. The standard InChI is InChI=1S/C20H19N3O3/c24-19(21-13-17-7-4-12-25-17)15-8-10-16(11-9-15)20-22-18(23-26-20)14-5-2-1-3-6-14/h1-3,5-6,8-11,17H,4,7,12-13H2,(H,21,24). The second kappa shape index (κ2) is 7.49. The highest BCUT2D eigenvalue weighted by atomic mass is 16.5. The number of nitrogens with one attached hydrogen (secondary N) is 1. The molecule has 1 amide bonds. The quantitative estimate of drug-likeness (QED) is 0.765. The molecule has 1 aromatic heterocycles. The molecule has 0 saturated carbocycles. The smallest absolute Gasteiger partial charge is 0.258 e. The van der Waals surface area contributed by atoms with Gasteiger partial charge >= 0.3 is 0 Å². The van der Waals surface area contributed by atoms with Crippen molar-refractivity contribution in [1.29, 1.82) is 0 Å². The van der Waals surface area contributed by atoms with Gasteiger partial charge in [-0.3, -0.25) is 4.79 Å². The van der Waals surface area contributed by atoms with E-state index in [1.807, 2.05) is 42.5 Å². The minimum absolute atomic E-state index is 0.109. The number of aromatic nitrogens is 2. The molecule has 3 aromatic rings. The lowest BCUT2D eigenvalue weighted by atomic mass is 10.1. The highest BCUT2D eigenvalue weighted by molar-refractivity contribution is 5.94. The fraction of sp³-hybridized carbons (Fsp3) is 0.250. The van der Waals surface area contributed by atoms with Crippen LogP contribution in [0.1, 0.15) is 23.2 Å². The molecule has 4 rings (SSSR count). The van der Waals surface area contributed by atoms with Gasteiger partial charge in [0.1, 0.15) is 0 Å². The van der Waals surface area contributed by atoms with E-state index in [1.54, 1.807) is 12.1 Å². The highest BCUT2D eigenvalue weighted by Crippen LogP contribution is 2.22. The molecule has 0 radical (unpaired) electrons. The maximum absolute atomic E-state index is 12.2. The van der Waals surface area contributed by atoms with Gasteiger partial charge in [-0.1, -0.05) is 35.5 Å². The Morgan fingerprint density at radius 1 is 1.08 bits per heavy atom. The number of carbonyl (C=O) groups is 1. The Bertz CT molecular complexity index is 869. The van der Waals surface area contributed by atoms with E-state index < -0.39 is 0 Å². The molecule has 0 spiro atoms. The van der Waals surface area contributed by atoms with Gasteiger partial charge in [0.05, 0.1) is 6.10 Å². The number of benzene rings is 2. The lowest BCUT2D eigenvalue weighted by Crippen LogP contribution is -2.31. The maximum atomic E-state index is 12.2. The molecule has 1 atom stereocenters. The Morgan fingerprint density at radius 3 is 2.62 bits per heavy atom. The first-order valence-corrected chi connectivity index (χ1v) is 8.69. The van der Waals surface area contributed by atoms with Crippen LogP contribution in [0.4, 0.5) is 0 Å². The van der Waals surface area contributed by atoms with E-state index >= 15 is 0 Å². The summed E-state index contributed by atoms with van der Waals surface area (Å²) in [5, 5.41) is 6.92. The molecule has 6 nitrogen and oxygen atoms in total. The summed E-state index contributed by atoms with van der Waals surface area (Å²) in [6.07, 6.45) is 2.19. The largest absolute Gasteiger partial charge is 0.376 e. The lowest BCUT2D eigenvalue weighted by molar-refractivity contribution is 0.0858. The van der Waals surface area contributed by atoms with Crippen LogP contribution in [0.5, 0.6) is 0 Å². The Labute approximate surface area is 151 Å². The Hall–Kier alpha value is -2.99. The first-order chi connectivity index (χ1) is 12.8. The topological polar surface area (TPSA) is 77.2 Å². The van der Waals surface area contributed by atoms with Crippen LogP contribution in [0.3, 0.4) is 0 Å². The average Bonchev–Trinajstić information content (AvgIpc) is 3.39. The van der Waals surface area contributed by atoms with Crippen molar-refractivity contribution in [3.05, 3.63) is 60.2 Å². The maximum Gasteiger partial charge on any atom is 0.258 e. The van der Waals surface area contributed by atoms with Crippen LogP contribution in [0.25, 0.3) is 22.8 Å². The summed E-state index contributed by atoms with van der Waals surface area (Å²) in [6.45, 7) is 1.33. The summed E-state index contributed by atoms with van der Waals surface area (Å²) in [4.78, 5) is 16.6. The lowest BCUT2D eigenvalue weighted by Gasteiger charge is -2.10. The van der Waals surface area contributed by atoms with Crippen LogP contribution in [-0.2, 0) is 4.74 Å². The van der Waals surface area contributed by atoms with Crippen LogP contribution in [0.2, 0.25) is 0 Å². The van der Waals surface area contributed by atoms with Gasteiger partial charge in [-0.2, -0.15) is 4.98 Å². The number of carbonyl (C=O) groups excluding carboxylic acids is 1. The molecule has 1 unspecified atom stereocenters. The normalized spacial score (nSPS) is 16.5. The van der Waals surface area contributed by atoms with E-state index in [0.29, 0.717) is 23.8 Å². The monoisotopic (exact) mass is 349 g/mol. The van der Waals surface area contributed by atoms with E-state index in [4.69, 9.17) is 9.26 Å². The summed E-state index contributed by atoms with van der Waals surface area (Å²) in [5.41, 5.74) is 2.26. The van der Waals surface area contributed by atoms with Crippen LogP contribution in [-0.4, -0.2) is 35.3 Å². The molecule has 1 fully saturated rings. The van der Waals surface area contributed by atoms with E-state index in [2.05, 4.69) is 15.5 Å². The third-order valence-corrected chi connectivity index (χ3v) is 4.37. The summed E-state index contributed by atoms with van der Waals surface area (Å²) in [6, 6.07) is 16.8. The van der Waals surface area contributed by atoms with Gasteiger partial charge in [0.25, 0.3) is 11.8 Å². The number of hydrogen-bond acceptors (Lipinski definition) is 5. The zero-order valence-corrected chi connectivity index (χ0v) is 14.2. The minimum Gasteiger partial charge on any atom is -0.376 e. The highest BCUT2D eigenvalue weighted by Gasteiger charge is 2.17. The summed E-state index contributed by atoms with van der Waals surface area (Å²) in [5.74, 6) is 0.858. The van der Waals surface area contributed by atoms with Crippen molar-refractivity contribution in [2.75, 3.05) is 13.2 Å². The molecule has 1 aliphatic heterocycles. The van der Waals surface area contributed by atoms with Gasteiger partial charge in [-0.25, -0.2) is 0 Å². The number of hydrogen-bond donors (Lipinski definition) is 1. The van der Waals surface area contributed by atoms with Gasteiger partial charge in [0.15, 0.2) is 0 Å². The van der Waals surface area contributed by atoms with Crippen molar-refractivity contribution in [2.45, 2.75) is 18.9 Å². The molecule has 1 N–H and O–H groups in total. The molecular weight excluding hydrogens is 330 g/mol. The van der Waals surface area contributed by atoms with Crippen molar-refractivity contribution in [3.8, 4) is 22.8 Å². The van der Waals surface area contributed by atoms with Crippen molar-refractivity contribution in [3.63, 3.8) is 0 Å². The van der Waals surface area contributed by atoms with Gasteiger partial charge in [-0.15, -0.1) is 0 Å². The average molecular weight is 349 g/mol. The fourth-order valence-electron chi connectivity index (χ4n) is 2.92. The Balaban J connectivity index is 1.42. The molecule has 2 heterocycles. The van der Waals surface area contributed by atoms with Crippen LogP contribution in [0.15, 0.2) is 59.1 Å². The molecule has 132 valence electrons. The van der Waals surface area contributed by atoms with E-state index in [0.717, 1.165) is 30.6 Å². The SMILES string of the molecule is O=C(NCC1CCCO1)c1ccc(-c2nc(-c3ccccc3)no2)cc1. The zero-order chi connectivity index (χ0) is 17.8. The second-order valence-electron chi connectivity index (χ2n) is 6.21. The fourth-order valence-corrected chi connectivity index (χ4v) is 2.92. The van der Waals surface area contributed by atoms with Crippen LogP contribution < -0.4 is 5.32 Å². The predicted octanol–water partition coefficient (Wildman–Crippen LogP) is 3.31. The summed E-state index contributed by atoms with van der Waals surface area (Å²) < 4.78 is 10.9. The molecule has 1 aliphatic rings. The number of rotatable bonds is 5. The van der Waals surface area contributed by atoms with Crippen LogP contribution in [0, 0.1) is 0 Å². The first kappa shape index (κ1) is 16.5. The number of amides is 1.